The molecule has 1 saturated heterocycles. The largest absolute Gasteiger partial charge is 0.309 e. The topological polar surface area (TPSA) is 103 Å². The third kappa shape index (κ3) is 3.19. The number of aromatic nitrogens is 1. The van der Waals surface area contributed by atoms with Crippen LogP contribution in [0.15, 0.2) is 27.9 Å². The molecular weight excluding hydrogens is 319 g/mol. The third-order valence-electron chi connectivity index (χ3n) is 2.68. The number of carbonyl (C=O) groups excluding carboxylic acids is 1. The van der Waals surface area contributed by atoms with Crippen molar-refractivity contribution in [2.24, 2.45) is 5.11 Å². The number of alkyl halides is 1. The lowest BCUT2D eigenvalue weighted by atomic mass is 10.1. The maximum atomic E-state index is 13.9. The molecule has 0 aliphatic carbocycles. The molecule has 1 fully saturated rings. The lowest BCUT2D eigenvalue weighted by Crippen LogP contribution is -2.41. The summed E-state index contributed by atoms with van der Waals surface area (Å²) in [6.07, 6.45) is -1.55. The van der Waals surface area contributed by atoms with Crippen molar-refractivity contribution in [3.05, 3.63) is 33.2 Å². The fourth-order valence-corrected chi connectivity index (χ4v) is 2.13. The number of rotatable bonds is 3. The fraction of sp³-hybridized carbons (Fsp3) is 0.400. The molecule has 0 saturated carbocycles. The molecule has 7 nitrogen and oxygen atoms in total. The second-order valence-electron chi connectivity index (χ2n) is 3.94. The molecular formula is C10H10BrFN6O. The molecule has 1 aliphatic heterocycles. The lowest BCUT2D eigenvalue weighted by molar-refractivity contribution is -0.118. The maximum Gasteiger partial charge on any atom is 0.245 e. The Hall–Kier alpha value is -1.70. The van der Waals surface area contributed by atoms with Gasteiger partial charge in [0.25, 0.3) is 0 Å². The molecule has 3 atom stereocenters. The zero-order chi connectivity index (χ0) is 13.8. The normalized spacial score (nSPS) is 25.7. The van der Waals surface area contributed by atoms with Crippen molar-refractivity contribution in [1.82, 2.24) is 10.3 Å². The molecule has 2 N–H and O–H groups in total. The average Bonchev–Trinajstić information content (AvgIpc) is 2.72. The zero-order valence-corrected chi connectivity index (χ0v) is 11.2. The monoisotopic (exact) mass is 328 g/mol. The van der Waals surface area contributed by atoms with Gasteiger partial charge in [-0.05, 0) is 33.6 Å². The number of hydrogen-bond acceptors (Lipinski definition) is 4. The molecule has 0 spiro atoms. The van der Waals surface area contributed by atoms with Gasteiger partial charge in [0.15, 0.2) is 0 Å². The predicted molar refractivity (Wildman–Crippen MR) is 70.2 cm³/mol. The molecule has 0 aromatic carbocycles. The molecule has 19 heavy (non-hydrogen) atoms. The number of carbonyl (C=O) groups is 1. The SMILES string of the molecule is [N-]=[N+]=N[C@@H]1CN[C@H](C(=O)Nc2cccc(Br)n2)[C@H]1F. The van der Waals surface area contributed by atoms with E-state index in [1.807, 2.05) is 0 Å². The molecule has 2 heterocycles. The molecule has 100 valence electrons. The molecule has 0 unspecified atom stereocenters. The second-order valence-corrected chi connectivity index (χ2v) is 4.75. The predicted octanol–water partition coefficient (Wildman–Crippen LogP) is 1.77. The summed E-state index contributed by atoms with van der Waals surface area (Å²) in [6, 6.07) is 3.09. The van der Waals surface area contributed by atoms with Crippen molar-refractivity contribution in [3.63, 3.8) is 0 Å². The van der Waals surface area contributed by atoms with E-state index >= 15 is 0 Å². The maximum absolute atomic E-state index is 13.9. The molecule has 1 aliphatic rings. The van der Waals surface area contributed by atoms with Gasteiger partial charge < -0.3 is 10.6 Å². The number of hydrogen-bond donors (Lipinski definition) is 2. The molecule has 0 radical (unpaired) electrons. The van der Waals surface area contributed by atoms with E-state index in [0.29, 0.717) is 10.4 Å². The number of nitrogens with one attached hydrogen (secondary N) is 2. The van der Waals surface area contributed by atoms with Crippen LogP contribution in [0.3, 0.4) is 0 Å². The standard InChI is InChI=1S/C10H10BrFN6O/c11-6-2-1-3-7(15-6)16-10(19)9-8(12)5(4-14-9)17-18-13/h1-3,5,8-9,14H,4H2,(H,15,16,19)/t5-,8+,9+/m1/s1. The van der Waals surface area contributed by atoms with Crippen LogP contribution in [0, 0.1) is 0 Å². The Labute approximate surface area is 116 Å². The van der Waals surface area contributed by atoms with Crippen molar-refractivity contribution >= 4 is 27.7 Å². The summed E-state index contributed by atoms with van der Waals surface area (Å²) in [4.78, 5) is 18.5. The van der Waals surface area contributed by atoms with Crippen molar-refractivity contribution < 1.29 is 9.18 Å². The number of halogens is 2. The van der Waals surface area contributed by atoms with Gasteiger partial charge in [0.2, 0.25) is 5.91 Å². The highest BCUT2D eigenvalue weighted by Gasteiger charge is 2.40. The third-order valence-corrected chi connectivity index (χ3v) is 3.12. The minimum absolute atomic E-state index is 0.134. The molecule has 2 rings (SSSR count). The van der Waals surface area contributed by atoms with E-state index in [0.717, 1.165) is 0 Å². The Morgan fingerprint density at radius 2 is 2.47 bits per heavy atom. The average molecular weight is 329 g/mol. The number of azide groups is 1. The fourth-order valence-electron chi connectivity index (χ4n) is 1.79. The van der Waals surface area contributed by atoms with Crippen LogP contribution >= 0.6 is 15.9 Å². The Balaban J connectivity index is 2.03. The number of nitrogens with zero attached hydrogens (tertiary/aromatic N) is 4. The van der Waals surface area contributed by atoms with Gasteiger partial charge >= 0.3 is 0 Å². The highest BCUT2D eigenvalue weighted by Crippen LogP contribution is 2.17. The van der Waals surface area contributed by atoms with Crippen LogP contribution in [0.4, 0.5) is 10.2 Å². The van der Waals surface area contributed by atoms with Crippen LogP contribution in [-0.2, 0) is 4.79 Å². The Morgan fingerprint density at radius 1 is 1.68 bits per heavy atom. The second kappa shape index (κ2) is 5.96. The molecule has 1 amide bonds. The van der Waals surface area contributed by atoms with E-state index in [9.17, 15) is 9.18 Å². The van der Waals surface area contributed by atoms with Crippen LogP contribution in [-0.4, -0.2) is 35.7 Å². The Kier molecular flexibility index (Phi) is 4.31. The molecule has 0 bridgehead atoms. The summed E-state index contributed by atoms with van der Waals surface area (Å²) >= 11 is 3.17. The summed E-state index contributed by atoms with van der Waals surface area (Å²) in [5.74, 6) is -0.227. The van der Waals surface area contributed by atoms with Gasteiger partial charge in [-0.1, -0.05) is 11.2 Å². The molecule has 1 aromatic rings. The Morgan fingerprint density at radius 3 is 3.16 bits per heavy atom. The van der Waals surface area contributed by atoms with Gasteiger partial charge in [-0.25, -0.2) is 9.37 Å². The first kappa shape index (κ1) is 13.7. The van der Waals surface area contributed by atoms with Gasteiger partial charge in [-0.15, -0.1) is 0 Å². The van der Waals surface area contributed by atoms with Crippen LogP contribution in [0.2, 0.25) is 0 Å². The van der Waals surface area contributed by atoms with Crippen LogP contribution in [0.25, 0.3) is 10.4 Å². The van der Waals surface area contributed by atoms with Crippen molar-refractivity contribution in [1.29, 1.82) is 0 Å². The number of anilines is 1. The first-order valence-corrected chi connectivity index (χ1v) is 6.26. The van der Waals surface area contributed by atoms with Crippen LogP contribution < -0.4 is 10.6 Å². The van der Waals surface area contributed by atoms with Gasteiger partial charge in [-0.2, -0.15) is 0 Å². The summed E-state index contributed by atoms with van der Waals surface area (Å²) in [5, 5.41) is 8.48. The smallest absolute Gasteiger partial charge is 0.245 e. The summed E-state index contributed by atoms with van der Waals surface area (Å²) in [5.41, 5.74) is 8.28. The molecule has 9 heteroatoms. The zero-order valence-electron chi connectivity index (χ0n) is 9.62. The van der Waals surface area contributed by atoms with Gasteiger partial charge in [0.1, 0.15) is 22.6 Å². The van der Waals surface area contributed by atoms with Gasteiger partial charge in [0, 0.05) is 11.5 Å². The minimum atomic E-state index is -1.55. The van der Waals surface area contributed by atoms with Crippen molar-refractivity contribution in [2.45, 2.75) is 18.3 Å². The quantitative estimate of drug-likeness (QED) is 0.382. The van der Waals surface area contributed by atoms with E-state index in [1.54, 1.807) is 18.2 Å². The highest BCUT2D eigenvalue weighted by molar-refractivity contribution is 9.10. The van der Waals surface area contributed by atoms with Crippen molar-refractivity contribution in [3.8, 4) is 0 Å². The van der Waals surface area contributed by atoms with Crippen LogP contribution in [0.5, 0.6) is 0 Å². The van der Waals surface area contributed by atoms with E-state index < -0.39 is 24.2 Å². The van der Waals surface area contributed by atoms with Crippen LogP contribution in [0.1, 0.15) is 0 Å². The first-order valence-electron chi connectivity index (χ1n) is 5.47. The van der Waals surface area contributed by atoms with E-state index in [2.05, 4.69) is 41.6 Å². The first-order chi connectivity index (χ1) is 9.11. The van der Waals surface area contributed by atoms with Gasteiger partial charge in [-0.3, -0.25) is 4.79 Å². The summed E-state index contributed by atoms with van der Waals surface area (Å²) in [6.45, 7) is 0.134. The van der Waals surface area contributed by atoms with E-state index in [1.165, 1.54) is 0 Å². The molecule has 1 aromatic heterocycles. The van der Waals surface area contributed by atoms with E-state index in [4.69, 9.17) is 5.53 Å². The van der Waals surface area contributed by atoms with Gasteiger partial charge in [0.05, 0.1) is 6.04 Å². The number of pyridine rings is 1. The highest BCUT2D eigenvalue weighted by atomic mass is 79.9. The minimum Gasteiger partial charge on any atom is -0.309 e. The Bertz CT molecular complexity index is 535. The van der Waals surface area contributed by atoms with Crippen molar-refractivity contribution in [2.75, 3.05) is 11.9 Å². The summed E-state index contributed by atoms with van der Waals surface area (Å²) in [7, 11) is 0. The summed E-state index contributed by atoms with van der Waals surface area (Å²) < 4.78 is 14.4. The van der Waals surface area contributed by atoms with E-state index in [-0.39, 0.29) is 6.54 Å². The lowest BCUT2D eigenvalue weighted by Gasteiger charge is -2.14. The number of amides is 1.